The predicted molar refractivity (Wildman–Crippen MR) is 273 cm³/mol. The highest BCUT2D eigenvalue weighted by atomic mass is 16.4. The summed E-state index contributed by atoms with van der Waals surface area (Å²) in [6.45, 7) is 3.70. The van der Waals surface area contributed by atoms with Crippen LogP contribution in [-0.2, 0) is 59.2 Å². The second-order valence-corrected chi connectivity index (χ2v) is 19.4. The van der Waals surface area contributed by atoms with Gasteiger partial charge in [-0.25, -0.2) is 9.78 Å². The van der Waals surface area contributed by atoms with Crippen molar-refractivity contribution < 1.29 is 78.3 Å². The molecule has 31 nitrogen and oxygen atoms in total. The van der Waals surface area contributed by atoms with Crippen molar-refractivity contribution in [2.24, 2.45) is 34.0 Å². The maximum Gasteiger partial charge on any atom is 0.326 e. The van der Waals surface area contributed by atoms with Crippen LogP contribution in [0.1, 0.15) is 91.2 Å². The molecule has 0 bridgehead atoms. The molecule has 0 aromatic carbocycles. The maximum absolute atomic E-state index is 14.5. The van der Waals surface area contributed by atoms with Crippen LogP contribution in [0.2, 0.25) is 0 Å². The minimum Gasteiger partial charge on any atom is -0.481 e. The number of aromatic amines is 1. The fraction of sp³-hybridized carbons (Fsp3) is 0.681. The van der Waals surface area contributed by atoms with Gasteiger partial charge >= 0.3 is 11.9 Å². The highest BCUT2D eigenvalue weighted by molar-refractivity contribution is 5.99. The molecule has 31 heteroatoms. The van der Waals surface area contributed by atoms with E-state index in [0.717, 1.165) is 0 Å². The van der Waals surface area contributed by atoms with E-state index in [1.165, 1.54) is 36.2 Å². The van der Waals surface area contributed by atoms with E-state index in [-0.39, 0.29) is 64.1 Å². The number of nitrogens with zero attached hydrogens (tertiary/aromatic N) is 4. The summed E-state index contributed by atoms with van der Waals surface area (Å²) in [5, 5.41) is 65.5. The molecule has 9 amide bonds. The highest BCUT2D eigenvalue weighted by Crippen LogP contribution is 2.23. The first kappa shape index (κ1) is 64.8. The SMILES string of the molecule is CC[C@H](C)[C@H](NC(=O)[C@H](CCCN=C(N)N)NC(=O)[C@@H]1CCCN1C(=O)[C@H](Cc1cnc[nH]1)NC(=O)[C@@H]1CCCN1C(=O)[C@@H](N)CO)C(=O)N[C@@H](CO)C(=O)N[C@@H](CO)C(=O)N[C@@H](CCC(=O)O)C(=O)N[C@H](C(=O)O)C(C)C. The number of aliphatic hydroxyl groups excluding tert-OH is 3. The largest absolute Gasteiger partial charge is 0.481 e. The number of carbonyl (C=O) groups is 11. The van der Waals surface area contributed by atoms with Gasteiger partial charge in [0.25, 0.3) is 0 Å². The molecule has 19 N–H and O–H groups in total. The number of likely N-dealkylation sites (tertiary alicyclic amines) is 2. The number of hydrogen-bond acceptors (Lipinski definition) is 17. The van der Waals surface area contributed by atoms with Crippen molar-refractivity contribution in [2.75, 3.05) is 39.5 Å². The van der Waals surface area contributed by atoms with Gasteiger partial charge in [-0.3, -0.25) is 52.9 Å². The number of amides is 9. The van der Waals surface area contributed by atoms with Gasteiger partial charge in [0.2, 0.25) is 53.2 Å². The fourth-order valence-corrected chi connectivity index (χ4v) is 8.68. The number of rotatable bonds is 32. The van der Waals surface area contributed by atoms with Crippen LogP contribution in [0.25, 0.3) is 0 Å². The molecule has 0 unspecified atom stereocenters. The molecule has 2 fully saturated rings. The number of nitrogens with one attached hydrogen (secondary N) is 8. The summed E-state index contributed by atoms with van der Waals surface area (Å²) in [7, 11) is 0. The summed E-state index contributed by atoms with van der Waals surface area (Å²) in [6.07, 6.45) is 3.01. The standard InChI is InChI=1S/C47H77N15O16/c1-5-24(4)36(43(74)58-31(21-65)40(71)57-30(20-64)39(70)54-28(12-13-34(66)67)38(69)59-35(23(2)3)46(77)78)60-37(68)27(9-6-14-52-47(49)50)55-41(72)33-11-8-16-62(33)45(76)29(17-25-18-51-22-53-25)56-42(73)32-10-7-15-61(32)44(75)26(48)19-63/h18,22-24,26-33,35-36,63-65H,5-17,19-21,48H2,1-4H3,(H,51,53)(H,54,70)(H,55,72)(H,56,73)(H,57,71)(H,58,74)(H,59,69)(H,60,68)(H,66,67)(H,77,78)(H4,49,50,52)/t24-,26-,27-,28-,29-,30-,31-,32-,33-,35-,36-/m0/s1. The molecule has 2 aliphatic heterocycles. The molecule has 2 aliphatic rings. The number of carbonyl (C=O) groups excluding carboxylic acids is 9. The van der Waals surface area contributed by atoms with Crippen molar-refractivity contribution >= 4 is 71.1 Å². The number of aliphatic carboxylic acids is 2. The Morgan fingerprint density at radius 1 is 0.679 bits per heavy atom. The number of aromatic nitrogens is 2. The lowest BCUT2D eigenvalue weighted by atomic mass is 9.97. The van der Waals surface area contributed by atoms with Crippen LogP contribution >= 0.6 is 0 Å². The number of carboxylic acid groups (broad SMARTS) is 2. The van der Waals surface area contributed by atoms with Gasteiger partial charge in [-0.2, -0.15) is 0 Å². The van der Waals surface area contributed by atoms with Crippen molar-refractivity contribution in [3.8, 4) is 0 Å². The van der Waals surface area contributed by atoms with Gasteiger partial charge in [0.1, 0.15) is 60.4 Å². The lowest BCUT2D eigenvalue weighted by molar-refractivity contribution is -0.144. The minimum atomic E-state index is -1.86. The van der Waals surface area contributed by atoms with Crippen LogP contribution < -0.4 is 54.4 Å². The van der Waals surface area contributed by atoms with Gasteiger partial charge in [-0.15, -0.1) is 0 Å². The monoisotopic (exact) mass is 1110 g/mol. The van der Waals surface area contributed by atoms with E-state index in [4.69, 9.17) is 17.2 Å². The molecule has 2 saturated heterocycles. The first-order valence-electron chi connectivity index (χ1n) is 25.7. The Kier molecular flexibility index (Phi) is 26.3. The Hall–Kier alpha value is -7.51. The molecule has 11 atom stereocenters. The van der Waals surface area contributed by atoms with Crippen LogP contribution in [0, 0.1) is 11.8 Å². The van der Waals surface area contributed by atoms with E-state index in [9.17, 15) is 78.3 Å². The number of hydrogen-bond donors (Lipinski definition) is 16. The summed E-state index contributed by atoms with van der Waals surface area (Å²) < 4.78 is 0. The van der Waals surface area contributed by atoms with Gasteiger partial charge in [-0.05, 0) is 56.8 Å². The number of imidazole rings is 1. The first-order valence-corrected chi connectivity index (χ1v) is 25.7. The zero-order chi connectivity index (χ0) is 58.4. The quantitative estimate of drug-likeness (QED) is 0.0181. The van der Waals surface area contributed by atoms with E-state index in [1.54, 1.807) is 13.8 Å². The normalized spacial score (nSPS) is 18.6. The first-order chi connectivity index (χ1) is 36.9. The number of carboxylic acids is 2. The molecule has 0 radical (unpaired) electrons. The van der Waals surface area contributed by atoms with E-state index in [2.05, 4.69) is 52.2 Å². The van der Waals surface area contributed by atoms with Gasteiger partial charge in [0.05, 0.1) is 26.1 Å². The van der Waals surface area contributed by atoms with Gasteiger partial charge in [0, 0.05) is 44.4 Å². The Balaban J connectivity index is 1.82. The molecule has 1 aromatic rings. The summed E-state index contributed by atoms with van der Waals surface area (Å²) in [6, 6.07) is -14.3. The molecule has 0 saturated carbocycles. The average molecular weight is 1110 g/mol. The second kappa shape index (κ2) is 31.6. The third kappa shape index (κ3) is 19.2. The molecule has 0 aliphatic carbocycles. The van der Waals surface area contributed by atoms with Crippen LogP contribution in [-0.4, -0.2) is 216 Å². The Labute approximate surface area is 449 Å². The van der Waals surface area contributed by atoms with Crippen molar-refractivity contribution in [3.05, 3.63) is 18.2 Å². The molecule has 0 spiro atoms. The summed E-state index contributed by atoms with van der Waals surface area (Å²) in [5.41, 5.74) is 17.2. The summed E-state index contributed by atoms with van der Waals surface area (Å²) >= 11 is 0. The average Bonchev–Trinajstić information content (AvgIpc) is 4.23. The third-order valence-corrected chi connectivity index (χ3v) is 13.3. The fourth-order valence-electron chi connectivity index (χ4n) is 8.68. The molecule has 3 rings (SSSR count). The molecule has 1 aromatic heterocycles. The lowest BCUT2D eigenvalue weighted by Crippen LogP contribution is -2.62. The van der Waals surface area contributed by atoms with E-state index in [0.29, 0.717) is 18.5 Å². The Morgan fingerprint density at radius 3 is 1.65 bits per heavy atom. The highest BCUT2D eigenvalue weighted by Gasteiger charge is 2.43. The smallest absolute Gasteiger partial charge is 0.326 e. The van der Waals surface area contributed by atoms with Crippen molar-refractivity contribution in [1.29, 1.82) is 0 Å². The summed E-state index contributed by atoms with van der Waals surface area (Å²) in [5.74, 6) is -12.5. The molecule has 436 valence electrons. The van der Waals surface area contributed by atoms with E-state index in [1.807, 2.05) is 0 Å². The van der Waals surface area contributed by atoms with Crippen LogP contribution in [0.5, 0.6) is 0 Å². The van der Waals surface area contributed by atoms with Gasteiger partial charge in [-0.1, -0.05) is 34.1 Å². The van der Waals surface area contributed by atoms with E-state index < -0.39 is 170 Å². The van der Waals surface area contributed by atoms with Crippen LogP contribution in [0.3, 0.4) is 0 Å². The topological polar surface area (TPSA) is 499 Å². The Morgan fingerprint density at radius 2 is 1.18 bits per heavy atom. The van der Waals surface area contributed by atoms with Crippen molar-refractivity contribution in [3.63, 3.8) is 0 Å². The predicted octanol–water partition coefficient (Wildman–Crippen LogP) is -6.66. The van der Waals surface area contributed by atoms with E-state index >= 15 is 0 Å². The number of guanidine groups is 1. The van der Waals surface area contributed by atoms with Crippen LogP contribution in [0.4, 0.5) is 0 Å². The molecule has 3 heterocycles. The lowest BCUT2D eigenvalue weighted by Gasteiger charge is -2.32. The summed E-state index contributed by atoms with van der Waals surface area (Å²) in [4.78, 5) is 160. The number of nitrogens with two attached hydrogens (primary N) is 3. The van der Waals surface area contributed by atoms with Gasteiger partial charge < -0.3 is 94.7 Å². The maximum atomic E-state index is 14.5. The zero-order valence-electron chi connectivity index (χ0n) is 44.1. The van der Waals surface area contributed by atoms with Crippen LogP contribution in [0.15, 0.2) is 17.5 Å². The van der Waals surface area contributed by atoms with Crippen molar-refractivity contribution in [1.82, 2.24) is 57.0 Å². The van der Waals surface area contributed by atoms with Gasteiger partial charge in [0.15, 0.2) is 5.96 Å². The third-order valence-electron chi connectivity index (χ3n) is 13.3. The minimum absolute atomic E-state index is 0.00982. The molecular weight excluding hydrogens is 1030 g/mol. The Bertz CT molecular complexity index is 2280. The zero-order valence-corrected chi connectivity index (χ0v) is 44.1. The number of H-pyrrole nitrogens is 1. The molecule has 78 heavy (non-hydrogen) atoms. The number of aliphatic hydroxyl groups is 3. The number of aliphatic imine (C=N–C) groups is 1. The van der Waals surface area contributed by atoms with Crippen molar-refractivity contribution in [2.45, 2.75) is 152 Å². The molecular formula is C47H77N15O16. The second-order valence-electron chi connectivity index (χ2n) is 19.4.